The van der Waals surface area contributed by atoms with Crippen LogP contribution in [0.1, 0.15) is 39.5 Å². The fourth-order valence-electron chi connectivity index (χ4n) is 4.15. The van der Waals surface area contributed by atoms with E-state index in [0.29, 0.717) is 28.5 Å². The highest BCUT2D eigenvalue weighted by Gasteiger charge is 2.36. The van der Waals surface area contributed by atoms with Crippen LogP contribution in [0.5, 0.6) is 5.75 Å². The van der Waals surface area contributed by atoms with Crippen LogP contribution in [0.3, 0.4) is 0 Å². The molecule has 192 valence electrons. The van der Waals surface area contributed by atoms with E-state index in [0.717, 1.165) is 34.7 Å². The largest absolute Gasteiger partial charge is 0.496 e. The number of hydrogen-bond donors (Lipinski definition) is 0. The summed E-state index contributed by atoms with van der Waals surface area (Å²) >= 11 is 6.38. The van der Waals surface area contributed by atoms with Gasteiger partial charge in [-0.2, -0.15) is 18.3 Å². The maximum Gasteiger partial charge on any atom is 0.416 e. The highest BCUT2D eigenvalue weighted by Crippen LogP contribution is 2.38. The van der Waals surface area contributed by atoms with Gasteiger partial charge in [-0.25, -0.2) is 5.01 Å². The van der Waals surface area contributed by atoms with Gasteiger partial charge in [0.2, 0.25) is 0 Å². The minimum Gasteiger partial charge on any atom is -0.496 e. The van der Waals surface area contributed by atoms with E-state index in [4.69, 9.17) is 16.3 Å². The molecule has 6 nitrogen and oxygen atoms in total. The average Bonchev–Trinajstić information content (AvgIpc) is 3.33. The summed E-state index contributed by atoms with van der Waals surface area (Å²) < 4.78 is 44.1. The molecule has 0 aliphatic carbocycles. The maximum atomic E-state index is 13.4. The quantitative estimate of drug-likeness (QED) is 0.404. The van der Waals surface area contributed by atoms with Gasteiger partial charge in [0.25, 0.3) is 11.8 Å². The molecular formula is C27H23ClF3N3O3. The van der Waals surface area contributed by atoms with Crippen LogP contribution in [-0.4, -0.2) is 48.1 Å². The number of carbonyl (C=O) groups excluding carboxylic acids is 2. The first-order valence-electron chi connectivity index (χ1n) is 11.3. The van der Waals surface area contributed by atoms with Crippen LogP contribution in [0.4, 0.5) is 13.2 Å². The molecular weight excluding hydrogens is 507 g/mol. The predicted molar refractivity (Wildman–Crippen MR) is 134 cm³/mol. The molecule has 3 aromatic carbocycles. The lowest BCUT2D eigenvalue weighted by Crippen LogP contribution is -2.39. The molecule has 0 spiro atoms. The number of halogens is 4. The summed E-state index contributed by atoms with van der Waals surface area (Å²) in [5, 5.41) is 6.38. The van der Waals surface area contributed by atoms with Gasteiger partial charge in [0.05, 0.1) is 24.4 Å². The monoisotopic (exact) mass is 529 g/mol. The Bertz CT molecular complexity index is 1340. The zero-order valence-electron chi connectivity index (χ0n) is 20.0. The predicted octanol–water partition coefficient (Wildman–Crippen LogP) is 5.82. The van der Waals surface area contributed by atoms with Crippen LogP contribution in [0, 0.1) is 0 Å². The van der Waals surface area contributed by atoms with Crippen molar-refractivity contribution in [3.8, 4) is 5.75 Å². The molecule has 0 bridgehead atoms. The first-order valence-corrected chi connectivity index (χ1v) is 11.7. The van der Waals surface area contributed by atoms with Gasteiger partial charge in [0, 0.05) is 35.2 Å². The van der Waals surface area contributed by atoms with Crippen molar-refractivity contribution in [3.63, 3.8) is 0 Å². The minimum absolute atomic E-state index is 0.0336. The Kier molecular flexibility index (Phi) is 7.54. The smallest absolute Gasteiger partial charge is 0.416 e. The van der Waals surface area contributed by atoms with E-state index in [1.807, 2.05) is 30.3 Å². The number of hydrogen-bond acceptors (Lipinski definition) is 4. The second-order valence-electron chi connectivity index (χ2n) is 8.46. The van der Waals surface area contributed by atoms with Crippen molar-refractivity contribution in [2.24, 2.45) is 5.10 Å². The fourth-order valence-corrected chi connectivity index (χ4v) is 4.40. The van der Waals surface area contributed by atoms with E-state index in [1.54, 1.807) is 18.2 Å². The van der Waals surface area contributed by atoms with Gasteiger partial charge in [0.15, 0.2) is 0 Å². The van der Waals surface area contributed by atoms with Crippen LogP contribution in [0.25, 0.3) is 0 Å². The molecule has 10 heteroatoms. The number of ether oxygens (including phenoxy) is 1. The molecule has 0 saturated carbocycles. The number of amides is 2. The molecule has 0 aromatic heterocycles. The lowest BCUT2D eigenvalue weighted by molar-refractivity contribution is -0.137. The third-order valence-corrected chi connectivity index (χ3v) is 6.36. The summed E-state index contributed by atoms with van der Waals surface area (Å²) in [6.07, 6.45) is -4.14. The molecule has 0 fully saturated rings. The molecule has 0 N–H and O–H groups in total. The molecule has 0 radical (unpaired) electrons. The lowest BCUT2D eigenvalue weighted by Gasteiger charge is -2.26. The van der Waals surface area contributed by atoms with Gasteiger partial charge >= 0.3 is 6.18 Å². The van der Waals surface area contributed by atoms with Crippen molar-refractivity contribution >= 4 is 29.1 Å². The Balaban J connectivity index is 1.60. The number of rotatable bonds is 6. The Morgan fingerprint density at radius 3 is 2.35 bits per heavy atom. The van der Waals surface area contributed by atoms with Crippen molar-refractivity contribution in [1.29, 1.82) is 0 Å². The van der Waals surface area contributed by atoms with Crippen LogP contribution in [0.15, 0.2) is 77.9 Å². The number of nitrogens with zero attached hydrogens (tertiary/aromatic N) is 3. The molecule has 1 aliphatic rings. The first-order chi connectivity index (χ1) is 17.6. The number of alkyl halides is 3. The number of likely N-dealkylation sites (N-methyl/N-ethyl adjacent to an activating group) is 1. The topological polar surface area (TPSA) is 62.2 Å². The zero-order valence-corrected chi connectivity index (χ0v) is 20.8. The summed E-state index contributed by atoms with van der Waals surface area (Å²) in [6.45, 7) is -0.342. The third-order valence-electron chi connectivity index (χ3n) is 6.03. The molecule has 1 aliphatic heterocycles. The van der Waals surface area contributed by atoms with Gasteiger partial charge in [-0.05, 0) is 36.4 Å². The number of carbonyl (C=O) groups is 2. The Morgan fingerprint density at radius 1 is 1.05 bits per heavy atom. The van der Waals surface area contributed by atoms with E-state index < -0.39 is 29.6 Å². The minimum atomic E-state index is -4.51. The lowest BCUT2D eigenvalue weighted by atomic mass is 9.97. The second kappa shape index (κ2) is 10.6. The second-order valence-corrected chi connectivity index (χ2v) is 8.87. The molecule has 2 amide bonds. The fraction of sp³-hybridized carbons (Fsp3) is 0.222. The molecule has 4 rings (SSSR count). The number of benzene rings is 3. The number of para-hydroxylation sites is 1. The number of hydrazone groups is 1. The van der Waals surface area contributed by atoms with Crippen molar-refractivity contribution in [1.82, 2.24) is 9.91 Å². The molecule has 0 saturated heterocycles. The molecule has 1 heterocycles. The Morgan fingerprint density at radius 2 is 1.70 bits per heavy atom. The van der Waals surface area contributed by atoms with Crippen LogP contribution < -0.4 is 4.74 Å². The first kappa shape index (κ1) is 26.2. The van der Waals surface area contributed by atoms with Gasteiger partial charge in [0.1, 0.15) is 12.3 Å². The molecule has 3 aromatic rings. The van der Waals surface area contributed by atoms with Crippen LogP contribution >= 0.6 is 11.6 Å². The highest BCUT2D eigenvalue weighted by atomic mass is 35.5. The Labute approximate surface area is 216 Å². The van der Waals surface area contributed by atoms with E-state index in [2.05, 4.69) is 5.10 Å². The van der Waals surface area contributed by atoms with Crippen LogP contribution in [-0.2, 0) is 11.0 Å². The summed E-state index contributed by atoms with van der Waals surface area (Å²) in [4.78, 5) is 27.4. The van der Waals surface area contributed by atoms with E-state index >= 15 is 0 Å². The summed E-state index contributed by atoms with van der Waals surface area (Å²) in [5.74, 6) is -0.485. The van der Waals surface area contributed by atoms with E-state index in [1.165, 1.54) is 19.2 Å². The molecule has 37 heavy (non-hydrogen) atoms. The molecule has 0 unspecified atom stereocenters. The van der Waals surface area contributed by atoms with Gasteiger partial charge in [-0.3, -0.25) is 9.59 Å². The third kappa shape index (κ3) is 5.61. The maximum absolute atomic E-state index is 13.4. The van der Waals surface area contributed by atoms with Gasteiger partial charge < -0.3 is 9.64 Å². The summed E-state index contributed by atoms with van der Waals surface area (Å²) in [7, 11) is 2.94. The SMILES string of the molecule is COc1ccccc1[C@@H]1CC(c2ccccc2Cl)=NN1C(=O)CN(C)C(=O)c1ccc(C(F)(F)F)cc1. The van der Waals surface area contributed by atoms with E-state index in [9.17, 15) is 22.8 Å². The van der Waals surface area contributed by atoms with Crippen molar-refractivity contribution in [3.05, 3.63) is 100 Å². The van der Waals surface area contributed by atoms with Crippen LogP contribution in [0.2, 0.25) is 5.02 Å². The Hall–Kier alpha value is -3.85. The summed E-state index contributed by atoms with van der Waals surface area (Å²) in [6, 6.07) is 17.8. The standard InChI is InChI=1S/C27H23ClF3N3O3/c1-33(26(36)17-11-13-18(14-12-17)27(29,30)31)16-25(35)34-23(20-8-4-6-10-24(20)37-2)15-22(32-34)19-7-3-5-9-21(19)28/h3-14,23H,15-16H2,1-2H3/t23-/m0/s1. The van der Waals surface area contributed by atoms with Gasteiger partial charge in [-0.1, -0.05) is 48.0 Å². The van der Waals surface area contributed by atoms with Crippen molar-refractivity contribution in [2.45, 2.75) is 18.6 Å². The zero-order chi connectivity index (χ0) is 26.7. The van der Waals surface area contributed by atoms with Crippen molar-refractivity contribution in [2.75, 3.05) is 20.7 Å². The number of methoxy groups -OCH3 is 1. The highest BCUT2D eigenvalue weighted by molar-refractivity contribution is 6.34. The molecule has 1 atom stereocenters. The average molecular weight is 530 g/mol. The van der Waals surface area contributed by atoms with Crippen molar-refractivity contribution < 1.29 is 27.5 Å². The summed E-state index contributed by atoms with van der Waals surface area (Å²) in [5.41, 5.74) is 1.20. The normalized spacial score (nSPS) is 15.4. The van der Waals surface area contributed by atoms with E-state index in [-0.39, 0.29) is 12.1 Å². The van der Waals surface area contributed by atoms with Gasteiger partial charge in [-0.15, -0.1) is 0 Å².